The van der Waals surface area contributed by atoms with Crippen molar-refractivity contribution in [1.82, 2.24) is 10.2 Å². The topological polar surface area (TPSA) is 71.0 Å². The van der Waals surface area contributed by atoms with Gasteiger partial charge in [0, 0.05) is 50.5 Å². The summed E-state index contributed by atoms with van der Waals surface area (Å²) in [6, 6.07) is 7.06. The molecule has 0 bridgehead atoms. The van der Waals surface area contributed by atoms with Gasteiger partial charge in [-0.2, -0.15) is 0 Å². The van der Waals surface area contributed by atoms with Gasteiger partial charge in [0.05, 0.1) is 13.2 Å². The molecule has 0 amide bonds. The zero-order valence-corrected chi connectivity index (χ0v) is 17.0. The maximum atomic E-state index is 10.5. The third-order valence-corrected chi connectivity index (χ3v) is 5.98. The van der Waals surface area contributed by atoms with Gasteiger partial charge in [0.1, 0.15) is 12.0 Å². The van der Waals surface area contributed by atoms with Crippen molar-refractivity contribution < 1.29 is 19.4 Å². The van der Waals surface area contributed by atoms with Crippen LogP contribution in [0.3, 0.4) is 0 Å². The second kappa shape index (κ2) is 10.3. The predicted molar refractivity (Wildman–Crippen MR) is 108 cm³/mol. The van der Waals surface area contributed by atoms with E-state index in [1.54, 1.807) is 7.05 Å². The van der Waals surface area contributed by atoms with Crippen LogP contribution in [-0.2, 0) is 22.6 Å². The second-order valence-corrected chi connectivity index (χ2v) is 7.90. The number of aryl methyl sites for hydroxylation is 1. The average molecular weight is 391 g/mol. The first-order valence-corrected chi connectivity index (χ1v) is 10.6. The Kier molecular flexibility index (Phi) is 7.85. The first-order chi connectivity index (χ1) is 13.7. The molecule has 28 heavy (non-hydrogen) atoms. The smallest absolute Gasteiger partial charge is 0.213 e. The summed E-state index contributed by atoms with van der Waals surface area (Å²) in [5.74, 6) is 0.542. The van der Waals surface area contributed by atoms with Gasteiger partial charge in [-0.05, 0) is 44.0 Å². The molecule has 1 aliphatic carbocycles. The Morgan fingerprint density at radius 3 is 2.68 bits per heavy atom. The molecule has 156 valence electrons. The van der Waals surface area contributed by atoms with E-state index < -0.39 is 5.79 Å². The van der Waals surface area contributed by atoms with E-state index in [2.05, 4.69) is 28.4 Å². The Bertz CT molecular complexity index is 623. The van der Waals surface area contributed by atoms with Crippen molar-refractivity contribution >= 4 is 6.29 Å². The first-order valence-electron chi connectivity index (χ1n) is 10.6. The van der Waals surface area contributed by atoms with Crippen LogP contribution in [-0.4, -0.2) is 61.4 Å². The van der Waals surface area contributed by atoms with Crippen LogP contribution in [0.4, 0.5) is 0 Å². The number of ether oxygens (including phenoxy) is 2. The fraction of sp³-hybridized carbons (Fsp3) is 0.682. The fourth-order valence-corrected chi connectivity index (χ4v) is 4.01. The van der Waals surface area contributed by atoms with E-state index in [-0.39, 0.29) is 6.61 Å². The largest absolute Gasteiger partial charge is 0.462 e. The number of benzene rings is 1. The molecule has 2 fully saturated rings. The van der Waals surface area contributed by atoms with Crippen LogP contribution in [0, 0.1) is 0 Å². The number of hydrogen-bond acceptors (Lipinski definition) is 6. The SMILES string of the molecule is CNCCO.O=CCCc1ccc2c(c1)COC1(CCN(C3CCC3)CC1)O2. The Hall–Kier alpha value is -1.47. The number of carbonyl (C=O) groups excluding carboxylic acids is 1. The number of aldehydes is 1. The van der Waals surface area contributed by atoms with Crippen LogP contribution in [0.2, 0.25) is 0 Å². The zero-order chi connectivity index (χ0) is 19.8. The number of likely N-dealkylation sites (tertiary alicyclic amines) is 1. The number of fused-ring (bicyclic) bond motifs is 1. The minimum Gasteiger partial charge on any atom is -0.462 e. The van der Waals surface area contributed by atoms with E-state index in [4.69, 9.17) is 14.6 Å². The molecular formula is C22H34N2O4. The molecule has 6 nitrogen and oxygen atoms in total. The summed E-state index contributed by atoms with van der Waals surface area (Å²) in [6.45, 7) is 3.71. The molecule has 1 spiro atoms. The quantitative estimate of drug-likeness (QED) is 0.726. The third-order valence-electron chi connectivity index (χ3n) is 5.98. The number of likely N-dealkylation sites (N-methyl/N-ethyl adjacent to an activating group) is 1. The van der Waals surface area contributed by atoms with Gasteiger partial charge in [-0.15, -0.1) is 0 Å². The molecule has 2 heterocycles. The highest BCUT2D eigenvalue weighted by molar-refractivity contribution is 5.50. The highest BCUT2D eigenvalue weighted by Gasteiger charge is 2.42. The van der Waals surface area contributed by atoms with Crippen LogP contribution < -0.4 is 10.1 Å². The highest BCUT2D eigenvalue weighted by Crippen LogP contribution is 2.39. The van der Waals surface area contributed by atoms with Crippen molar-refractivity contribution in [1.29, 1.82) is 0 Å². The lowest BCUT2D eigenvalue weighted by Crippen LogP contribution is -2.54. The number of carbonyl (C=O) groups is 1. The Labute approximate surface area is 168 Å². The number of rotatable bonds is 6. The van der Waals surface area contributed by atoms with Gasteiger partial charge >= 0.3 is 0 Å². The van der Waals surface area contributed by atoms with Gasteiger partial charge in [0.2, 0.25) is 5.79 Å². The van der Waals surface area contributed by atoms with Crippen LogP contribution >= 0.6 is 0 Å². The average Bonchev–Trinajstić information content (AvgIpc) is 2.68. The van der Waals surface area contributed by atoms with Crippen molar-refractivity contribution in [2.75, 3.05) is 33.3 Å². The van der Waals surface area contributed by atoms with E-state index in [1.807, 2.05) is 0 Å². The maximum absolute atomic E-state index is 10.5. The van der Waals surface area contributed by atoms with Crippen LogP contribution in [0.15, 0.2) is 18.2 Å². The standard InChI is InChI=1S/C19H25NO3.C3H9NO/c21-12-2-3-15-6-7-18-16(13-15)14-22-19(23-18)8-10-20(11-9-19)17-4-1-5-17;1-4-2-3-5/h6-7,12-13,17H,1-5,8-11,14H2;4-5H,2-3H2,1H3. The Morgan fingerprint density at radius 1 is 1.32 bits per heavy atom. The van der Waals surface area contributed by atoms with Crippen LogP contribution in [0.25, 0.3) is 0 Å². The van der Waals surface area contributed by atoms with Crippen LogP contribution in [0.1, 0.15) is 49.7 Å². The first kappa shape index (κ1) is 21.2. The lowest BCUT2D eigenvalue weighted by atomic mass is 9.89. The van der Waals surface area contributed by atoms with Gasteiger partial charge in [-0.1, -0.05) is 12.5 Å². The molecule has 1 aromatic rings. The van der Waals surface area contributed by atoms with E-state index >= 15 is 0 Å². The Morgan fingerprint density at radius 2 is 2.11 bits per heavy atom. The number of hydrogen-bond donors (Lipinski definition) is 2. The lowest BCUT2D eigenvalue weighted by molar-refractivity contribution is -0.231. The van der Waals surface area contributed by atoms with Crippen molar-refractivity contribution in [2.45, 2.75) is 63.4 Å². The van der Waals surface area contributed by atoms with E-state index in [9.17, 15) is 4.79 Å². The monoisotopic (exact) mass is 390 g/mol. The minimum atomic E-state index is -0.419. The number of nitrogens with zero attached hydrogens (tertiary/aromatic N) is 1. The molecule has 2 aliphatic heterocycles. The molecule has 1 saturated carbocycles. The summed E-state index contributed by atoms with van der Waals surface area (Å²) in [4.78, 5) is 13.1. The van der Waals surface area contributed by atoms with E-state index in [0.29, 0.717) is 19.6 Å². The van der Waals surface area contributed by atoms with Gasteiger partial charge in [-0.25, -0.2) is 0 Å². The summed E-state index contributed by atoms with van der Waals surface area (Å²) in [6.07, 6.45) is 8.35. The second-order valence-electron chi connectivity index (χ2n) is 7.90. The molecule has 1 aromatic carbocycles. The van der Waals surface area contributed by atoms with Crippen molar-refractivity contribution in [2.24, 2.45) is 0 Å². The normalized spacial score (nSPS) is 21.1. The highest BCUT2D eigenvalue weighted by atomic mass is 16.7. The van der Waals surface area contributed by atoms with Gasteiger partial charge in [0.15, 0.2) is 0 Å². The van der Waals surface area contributed by atoms with Gasteiger partial charge in [0.25, 0.3) is 0 Å². The summed E-state index contributed by atoms with van der Waals surface area (Å²) in [5, 5.41) is 10.8. The molecule has 0 aromatic heterocycles. The Balaban J connectivity index is 0.000000403. The number of piperidine rings is 1. The number of aliphatic hydroxyl groups is 1. The predicted octanol–water partition coefficient (Wildman–Crippen LogP) is 2.27. The maximum Gasteiger partial charge on any atom is 0.213 e. The summed E-state index contributed by atoms with van der Waals surface area (Å²) < 4.78 is 12.4. The summed E-state index contributed by atoms with van der Waals surface area (Å²) >= 11 is 0. The van der Waals surface area contributed by atoms with E-state index in [0.717, 1.165) is 56.0 Å². The van der Waals surface area contributed by atoms with Crippen molar-refractivity contribution in [3.63, 3.8) is 0 Å². The minimum absolute atomic E-state index is 0.233. The van der Waals surface area contributed by atoms with Crippen molar-refractivity contribution in [3.05, 3.63) is 29.3 Å². The van der Waals surface area contributed by atoms with Gasteiger partial charge < -0.3 is 24.7 Å². The molecule has 0 atom stereocenters. The summed E-state index contributed by atoms with van der Waals surface area (Å²) in [7, 11) is 1.80. The third kappa shape index (κ3) is 5.32. The summed E-state index contributed by atoms with van der Waals surface area (Å²) in [5.41, 5.74) is 2.29. The molecule has 0 unspecified atom stereocenters. The van der Waals surface area contributed by atoms with Crippen molar-refractivity contribution in [3.8, 4) is 5.75 Å². The molecule has 4 rings (SSSR count). The molecule has 0 radical (unpaired) electrons. The molecular weight excluding hydrogens is 356 g/mol. The van der Waals surface area contributed by atoms with Crippen LogP contribution in [0.5, 0.6) is 5.75 Å². The zero-order valence-electron chi connectivity index (χ0n) is 17.0. The van der Waals surface area contributed by atoms with E-state index in [1.165, 1.54) is 24.8 Å². The molecule has 6 heteroatoms. The number of nitrogens with one attached hydrogen (secondary N) is 1. The molecule has 3 aliphatic rings. The molecule has 2 N–H and O–H groups in total. The lowest BCUT2D eigenvalue weighted by Gasteiger charge is -2.47. The fourth-order valence-electron chi connectivity index (χ4n) is 4.01. The van der Waals surface area contributed by atoms with Gasteiger partial charge in [-0.3, -0.25) is 4.90 Å². The molecule has 1 saturated heterocycles. The number of aliphatic hydroxyl groups excluding tert-OH is 1.